The fraction of sp³-hybridized carbons (Fsp3) is 0.667. The summed E-state index contributed by atoms with van der Waals surface area (Å²) in [7, 11) is 1.61. The van der Waals surface area contributed by atoms with Crippen LogP contribution in [0.25, 0.3) is 0 Å². The molecular formula is C15H21N3O3. The van der Waals surface area contributed by atoms with Crippen molar-refractivity contribution in [1.82, 2.24) is 9.97 Å². The summed E-state index contributed by atoms with van der Waals surface area (Å²) in [5.74, 6) is 1.81. The minimum atomic E-state index is -0.688. The molecule has 3 rings (SSSR count). The van der Waals surface area contributed by atoms with Crippen LogP contribution in [-0.4, -0.2) is 40.2 Å². The molecule has 0 spiro atoms. The zero-order valence-corrected chi connectivity index (χ0v) is 12.5. The smallest absolute Gasteiger partial charge is 0.303 e. The summed E-state index contributed by atoms with van der Waals surface area (Å²) in [6, 6.07) is 2.68. The molecule has 2 bridgehead atoms. The number of piperidine rings is 1. The molecule has 2 atom stereocenters. The van der Waals surface area contributed by atoms with Crippen molar-refractivity contribution in [3.05, 3.63) is 11.9 Å². The van der Waals surface area contributed by atoms with E-state index in [2.05, 4.69) is 14.9 Å². The van der Waals surface area contributed by atoms with Crippen LogP contribution in [0.3, 0.4) is 0 Å². The first-order valence-corrected chi connectivity index (χ1v) is 7.46. The number of carbonyl (C=O) groups is 1. The molecule has 2 aliphatic heterocycles. The highest BCUT2D eigenvalue weighted by atomic mass is 16.5. The lowest BCUT2D eigenvalue weighted by atomic mass is 9.88. The number of nitrogens with zero attached hydrogens (tertiary/aromatic N) is 3. The average molecular weight is 291 g/mol. The predicted molar refractivity (Wildman–Crippen MR) is 77.6 cm³/mol. The lowest BCUT2D eigenvalue weighted by Gasteiger charge is -2.39. The number of aliphatic carboxylic acids is 1. The summed E-state index contributed by atoms with van der Waals surface area (Å²) in [6.45, 7) is 1.87. The fourth-order valence-corrected chi connectivity index (χ4v) is 3.84. The van der Waals surface area contributed by atoms with Gasteiger partial charge in [0, 0.05) is 24.6 Å². The van der Waals surface area contributed by atoms with Gasteiger partial charge in [-0.1, -0.05) is 0 Å². The van der Waals surface area contributed by atoms with Gasteiger partial charge in [-0.3, -0.25) is 4.79 Å². The summed E-state index contributed by atoms with van der Waals surface area (Å²) in [4.78, 5) is 22.1. The van der Waals surface area contributed by atoms with Gasteiger partial charge in [0.1, 0.15) is 11.6 Å². The van der Waals surface area contributed by atoms with Crippen LogP contribution in [0.2, 0.25) is 0 Å². The Hall–Kier alpha value is -1.85. The van der Waals surface area contributed by atoms with E-state index in [1.165, 1.54) is 0 Å². The standard InChI is InChI=1S/C15H21N3O3/c1-9-16-13(8-14(17-9)21-2)18-11-3-4-12(18)6-10(5-11)7-15(19)20/h8,10-12H,3-7H2,1-2H3,(H,19,20). The second kappa shape index (κ2) is 5.50. The van der Waals surface area contributed by atoms with E-state index in [0.29, 0.717) is 29.7 Å². The fourth-order valence-electron chi connectivity index (χ4n) is 3.84. The number of aromatic nitrogens is 2. The van der Waals surface area contributed by atoms with Gasteiger partial charge in [0.05, 0.1) is 7.11 Å². The first-order valence-electron chi connectivity index (χ1n) is 7.46. The first-order chi connectivity index (χ1) is 10.1. The van der Waals surface area contributed by atoms with Crippen LogP contribution >= 0.6 is 0 Å². The molecule has 6 heteroatoms. The van der Waals surface area contributed by atoms with Crippen molar-refractivity contribution >= 4 is 11.8 Å². The summed E-state index contributed by atoms with van der Waals surface area (Å²) in [5, 5.41) is 9.00. The van der Waals surface area contributed by atoms with Crippen molar-refractivity contribution in [3.8, 4) is 5.88 Å². The van der Waals surface area contributed by atoms with Crippen molar-refractivity contribution in [3.63, 3.8) is 0 Å². The summed E-state index contributed by atoms with van der Waals surface area (Å²) in [6.07, 6.45) is 4.40. The van der Waals surface area contributed by atoms with Crippen LogP contribution in [0, 0.1) is 12.8 Å². The third-order valence-electron chi connectivity index (χ3n) is 4.57. The van der Waals surface area contributed by atoms with Crippen LogP contribution in [0.15, 0.2) is 6.07 Å². The molecule has 0 amide bonds. The van der Waals surface area contributed by atoms with Crippen molar-refractivity contribution in [2.24, 2.45) is 5.92 Å². The van der Waals surface area contributed by atoms with Crippen LogP contribution in [0.5, 0.6) is 5.88 Å². The number of hydrogen-bond donors (Lipinski definition) is 1. The number of rotatable bonds is 4. The molecule has 114 valence electrons. The minimum Gasteiger partial charge on any atom is -0.481 e. The van der Waals surface area contributed by atoms with Gasteiger partial charge in [0.2, 0.25) is 5.88 Å². The maximum atomic E-state index is 10.9. The number of carboxylic acid groups (broad SMARTS) is 1. The van der Waals surface area contributed by atoms with Gasteiger partial charge in [-0.25, -0.2) is 4.98 Å². The molecule has 1 aromatic heterocycles. The second-order valence-corrected chi connectivity index (χ2v) is 6.04. The third-order valence-corrected chi connectivity index (χ3v) is 4.57. The van der Waals surface area contributed by atoms with Crippen LogP contribution in [0.1, 0.15) is 37.9 Å². The number of hydrogen-bond acceptors (Lipinski definition) is 5. The Kier molecular flexibility index (Phi) is 3.69. The van der Waals surface area contributed by atoms with Crippen molar-refractivity contribution in [2.75, 3.05) is 12.0 Å². The lowest BCUT2D eigenvalue weighted by Crippen LogP contribution is -2.44. The van der Waals surface area contributed by atoms with Crippen molar-refractivity contribution in [2.45, 2.75) is 51.1 Å². The predicted octanol–water partition coefficient (Wildman–Crippen LogP) is 2.02. The Morgan fingerprint density at radius 1 is 1.38 bits per heavy atom. The zero-order chi connectivity index (χ0) is 15.0. The molecule has 6 nitrogen and oxygen atoms in total. The van der Waals surface area contributed by atoms with E-state index in [1.807, 2.05) is 13.0 Å². The number of carboxylic acids is 1. The van der Waals surface area contributed by atoms with Crippen molar-refractivity contribution in [1.29, 1.82) is 0 Å². The Labute approximate surface area is 124 Å². The van der Waals surface area contributed by atoms with Crippen molar-refractivity contribution < 1.29 is 14.6 Å². The molecule has 0 saturated carbocycles. The summed E-state index contributed by atoms with van der Waals surface area (Å²) < 4.78 is 5.24. The Balaban J connectivity index is 1.82. The van der Waals surface area contributed by atoms with Gasteiger partial charge in [0.25, 0.3) is 0 Å². The molecule has 2 unspecified atom stereocenters. The van der Waals surface area contributed by atoms with Gasteiger partial charge < -0.3 is 14.7 Å². The molecule has 1 aromatic rings. The van der Waals surface area contributed by atoms with E-state index in [0.717, 1.165) is 31.5 Å². The Morgan fingerprint density at radius 3 is 2.62 bits per heavy atom. The van der Waals surface area contributed by atoms with E-state index in [-0.39, 0.29) is 6.42 Å². The topological polar surface area (TPSA) is 75.5 Å². The number of aryl methyl sites for hydroxylation is 1. The van der Waals surface area contributed by atoms with Gasteiger partial charge in [-0.2, -0.15) is 4.98 Å². The molecule has 2 fully saturated rings. The number of methoxy groups -OCH3 is 1. The van der Waals surface area contributed by atoms with E-state index < -0.39 is 5.97 Å². The molecule has 2 aliphatic rings. The number of ether oxygens (including phenoxy) is 1. The van der Waals surface area contributed by atoms with Gasteiger partial charge in [0.15, 0.2) is 0 Å². The quantitative estimate of drug-likeness (QED) is 0.914. The molecular weight excluding hydrogens is 270 g/mol. The highest BCUT2D eigenvalue weighted by Gasteiger charge is 2.42. The first kappa shape index (κ1) is 14.1. The zero-order valence-electron chi connectivity index (χ0n) is 12.5. The maximum Gasteiger partial charge on any atom is 0.303 e. The van der Waals surface area contributed by atoms with E-state index in [4.69, 9.17) is 9.84 Å². The Morgan fingerprint density at radius 2 is 2.05 bits per heavy atom. The number of fused-ring (bicyclic) bond motifs is 2. The SMILES string of the molecule is COc1cc(N2C3CCC2CC(CC(=O)O)C3)nc(C)n1. The third kappa shape index (κ3) is 2.80. The van der Waals surface area contributed by atoms with Crippen LogP contribution in [-0.2, 0) is 4.79 Å². The van der Waals surface area contributed by atoms with E-state index >= 15 is 0 Å². The second-order valence-electron chi connectivity index (χ2n) is 6.04. The maximum absolute atomic E-state index is 10.9. The van der Waals surface area contributed by atoms with Gasteiger partial charge >= 0.3 is 5.97 Å². The molecule has 0 aromatic carbocycles. The molecule has 1 N–H and O–H groups in total. The largest absolute Gasteiger partial charge is 0.481 e. The van der Waals surface area contributed by atoms with Gasteiger partial charge in [-0.15, -0.1) is 0 Å². The minimum absolute atomic E-state index is 0.285. The molecule has 2 saturated heterocycles. The van der Waals surface area contributed by atoms with Crippen LogP contribution < -0.4 is 9.64 Å². The molecule has 3 heterocycles. The average Bonchev–Trinajstić information content (AvgIpc) is 2.69. The van der Waals surface area contributed by atoms with Gasteiger partial charge in [-0.05, 0) is 38.5 Å². The lowest BCUT2D eigenvalue weighted by molar-refractivity contribution is -0.138. The van der Waals surface area contributed by atoms with E-state index in [9.17, 15) is 4.79 Å². The van der Waals surface area contributed by atoms with E-state index in [1.54, 1.807) is 7.11 Å². The Bertz CT molecular complexity index is 535. The monoisotopic (exact) mass is 291 g/mol. The molecule has 21 heavy (non-hydrogen) atoms. The molecule has 0 aliphatic carbocycles. The normalized spacial score (nSPS) is 27.7. The molecule has 0 radical (unpaired) electrons. The summed E-state index contributed by atoms with van der Waals surface area (Å²) >= 11 is 0. The van der Waals surface area contributed by atoms with Crippen LogP contribution in [0.4, 0.5) is 5.82 Å². The number of anilines is 1. The highest BCUT2D eigenvalue weighted by Crippen LogP contribution is 2.42. The summed E-state index contributed by atoms with van der Waals surface area (Å²) in [5.41, 5.74) is 0. The highest BCUT2D eigenvalue weighted by molar-refractivity contribution is 5.67.